The molecule has 0 bridgehead atoms. The summed E-state index contributed by atoms with van der Waals surface area (Å²) in [6, 6.07) is 0. The number of halogens is 1. The molecule has 0 aliphatic carbocycles. The van der Waals surface area contributed by atoms with Crippen molar-refractivity contribution in [3.8, 4) is 0 Å². The second kappa shape index (κ2) is 19.4. The minimum Gasteiger partial charge on any atom is -0.377 e. The predicted molar refractivity (Wildman–Crippen MR) is 96.4 cm³/mol. The smallest absolute Gasteiger partial charge is 0.246 e. The van der Waals surface area contributed by atoms with Crippen LogP contribution >= 0.6 is 0 Å². The summed E-state index contributed by atoms with van der Waals surface area (Å²) in [4.78, 5) is 21.8. The fourth-order valence-electron chi connectivity index (χ4n) is 1.69. The minimum atomic E-state index is -1.23. The second-order valence-electron chi connectivity index (χ2n) is 5.43. The van der Waals surface area contributed by atoms with Crippen molar-refractivity contribution >= 4 is 11.8 Å². The van der Waals surface area contributed by atoms with Gasteiger partial charge in [0.05, 0.1) is 59.4 Å². The number of hydrogen-bond donors (Lipinski definition) is 2. The monoisotopic (exact) mass is 396 g/mol. The molecule has 160 valence electrons. The molecule has 27 heavy (non-hydrogen) atoms. The third-order valence-electron chi connectivity index (χ3n) is 2.99. The molecule has 1 unspecified atom stereocenters. The Morgan fingerprint density at radius 1 is 0.852 bits per heavy atom. The van der Waals surface area contributed by atoms with Gasteiger partial charge >= 0.3 is 0 Å². The Morgan fingerprint density at radius 2 is 1.41 bits per heavy atom. The van der Waals surface area contributed by atoms with Gasteiger partial charge in [0.25, 0.3) is 0 Å². The van der Waals surface area contributed by atoms with Gasteiger partial charge in [0, 0.05) is 20.1 Å². The lowest BCUT2D eigenvalue weighted by Crippen LogP contribution is -2.31. The van der Waals surface area contributed by atoms with Crippen molar-refractivity contribution in [2.24, 2.45) is 0 Å². The number of alkyl halides is 1. The van der Waals surface area contributed by atoms with Crippen LogP contribution in [0.15, 0.2) is 0 Å². The van der Waals surface area contributed by atoms with Gasteiger partial charge in [-0.3, -0.25) is 9.59 Å². The highest BCUT2D eigenvalue weighted by Crippen LogP contribution is 1.91. The average Bonchev–Trinajstić information content (AvgIpc) is 2.64. The Bertz CT molecular complexity index is 375. The molecule has 0 aromatic carbocycles. The molecule has 10 heteroatoms. The van der Waals surface area contributed by atoms with Crippen molar-refractivity contribution in [2.75, 3.05) is 79.2 Å². The van der Waals surface area contributed by atoms with Gasteiger partial charge in [0.1, 0.15) is 12.8 Å². The van der Waals surface area contributed by atoms with E-state index in [2.05, 4.69) is 10.6 Å². The molecule has 0 saturated carbocycles. The molecule has 2 amide bonds. The fraction of sp³-hybridized carbons (Fsp3) is 0.882. The summed E-state index contributed by atoms with van der Waals surface area (Å²) >= 11 is 0. The number of amides is 2. The van der Waals surface area contributed by atoms with Crippen LogP contribution in [-0.4, -0.2) is 97.1 Å². The van der Waals surface area contributed by atoms with Gasteiger partial charge in [-0.1, -0.05) is 0 Å². The molecule has 0 aliphatic heterocycles. The van der Waals surface area contributed by atoms with E-state index >= 15 is 0 Å². The second-order valence-corrected chi connectivity index (χ2v) is 5.43. The van der Waals surface area contributed by atoms with Crippen molar-refractivity contribution in [3.05, 3.63) is 0 Å². The van der Waals surface area contributed by atoms with Gasteiger partial charge in [-0.05, 0) is 6.92 Å². The summed E-state index contributed by atoms with van der Waals surface area (Å²) in [5, 5.41) is 5.05. The third-order valence-corrected chi connectivity index (χ3v) is 2.99. The average molecular weight is 396 g/mol. The molecule has 0 heterocycles. The van der Waals surface area contributed by atoms with Crippen LogP contribution in [0.25, 0.3) is 0 Å². The van der Waals surface area contributed by atoms with E-state index in [1.807, 2.05) is 6.92 Å². The summed E-state index contributed by atoms with van der Waals surface area (Å²) in [5.74, 6) is -0.428. The zero-order valence-corrected chi connectivity index (χ0v) is 16.3. The van der Waals surface area contributed by atoms with Crippen molar-refractivity contribution in [1.82, 2.24) is 10.6 Å². The van der Waals surface area contributed by atoms with Gasteiger partial charge in [0.2, 0.25) is 11.8 Å². The Hall–Kier alpha value is -1.33. The lowest BCUT2D eigenvalue weighted by molar-refractivity contribution is -0.125. The largest absolute Gasteiger partial charge is 0.377 e. The van der Waals surface area contributed by atoms with Gasteiger partial charge in [-0.25, -0.2) is 4.39 Å². The first-order valence-electron chi connectivity index (χ1n) is 9.10. The molecule has 0 aromatic rings. The summed E-state index contributed by atoms with van der Waals surface area (Å²) in [6.07, 6.45) is -1.23. The van der Waals surface area contributed by atoms with Crippen molar-refractivity contribution < 1.29 is 37.7 Å². The highest BCUT2D eigenvalue weighted by Gasteiger charge is 2.06. The fourth-order valence-corrected chi connectivity index (χ4v) is 1.69. The Labute approximate surface area is 160 Å². The number of carbonyl (C=O) groups excluding carboxylic acids is 2. The van der Waals surface area contributed by atoms with E-state index in [-0.39, 0.29) is 38.2 Å². The summed E-state index contributed by atoms with van der Waals surface area (Å²) in [5.41, 5.74) is 0. The number of ether oxygens (including phenoxy) is 5. The maximum atomic E-state index is 13.2. The van der Waals surface area contributed by atoms with Gasteiger partial charge < -0.3 is 34.3 Å². The minimum absolute atomic E-state index is 0.0499. The van der Waals surface area contributed by atoms with Crippen LogP contribution in [-0.2, 0) is 33.3 Å². The molecule has 0 aromatic heterocycles. The van der Waals surface area contributed by atoms with Crippen LogP contribution in [0.1, 0.15) is 13.8 Å². The topological polar surface area (TPSA) is 104 Å². The van der Waals surface area contributed by atoms with Crippen molar-refractivity contribution in [1.29, 1.82) is 0 Å². The lowest BCUT2D eigenvalue weighted by Gasteiger charge is -2.10. The maximum absolute atomic E-state index is 13.2. The van der Waals surface area contributed by atoms with Crippen LogP contribution in [0.3, 0.4) is 0 Å². The molecule has 0 radical (unpaired) electrons. The first-order valence-corrected chi connectivity index (χ1v) is 9.10. The number of rotatable bonds is 19. The molecule has 0 saturated heterocycles. The third kappa shape index (κ3) is 20.8. The molecule has 2 N–H and O–H groups in total. The highest BCUT2D eigenvalue weighted by molar-refractivity contribution is 5.77. The van der Waals surface area contributed by atoms with E-state index in [1.54, 1.807) is 0 Å². The number of nitrogens with one attached hydrogen (secondary N) is 2. The molecule has 9 nitrogen and oxygen atoms in total. The van der Waals surface area contributed by atoms with Crippen LogP contribution in [0.5, 0.6) is 0 Å². The highest BCUT2D eigenvalue weighted by atomic mass is 19.1. The molecule has 0 spiro atoms. The van der Waals surface area contributed by atoms with Crippen LogP contribution < -0.4 is 10.6 Å². The molecular formula is C17H33FN2O7. The molecular weight excluding hydrogens is 363 g/mol. The predicted octanol–water partition coefficient (Wildman–Crippen LogP) is -0.320. The summed E-state index contributed by atoms with van der Waals surface area (Å²) in [6.45, 7) is 6.75. The van der Waals surface area contributed by atoms with Crippen LogP contribution in [0, 0.1) is 0 Å². The zero-order chi connectivity index (χ0) is 20.2. The normalized spacial score (nSPS) is 12.0. The molecule has 0 aliphatic rings. The van der Waals surface area contributed by atoms with E-state index in [9.17, 15) is 14.0 Å². The quantitative estimate of drug-likeness (QED) is 0.288. The van der Waals surface area contributed by atoms with E-state index in [0.717, 1.165) is 0 Å². The summed E-state index contributed by atoms with van der Waals surface area (Å²) in [7, 11) is 0. The Kier molecular flexibility index (Phi) is 18.5. The van der Waals surface area contributed by atoms with Crippen LogP contribution in [0.4, 0.5) is 4.39 Å². The van der Waals surface area contributed by atoms with Crippen molar-refractivity contribution in [3.63, 3.8) is 0 Å². The standard InChI is InChI=1S/C17H33FN2O7/c1-3-23-14-17(22)19-4-5-24-6-7-25-8-9-26-10-11-27-13-16(18)12-20-15(2)21/h16H,3-14H2,1-2H3,(H,19,22)(H,20,21). The number of carbonyl (C=O) groups is 2. The van der Waals surface area contributed by atoms with E-state index in [1.165, 1.54) is 6.92 Å². The van der Waals surface area contributed by atoms with Crippen molar-refractivity contribution in [2.45, 2.75) is 20.0 Å². The lowest BCUT2D eigenvalue weighted by atomic mass is 10.4. The number of hydrogen-bond acceptors (Lipinski definition) is 7. The van der Waals surface area contributed by atoms with E-state index in [4.69, 9.17) is 23.7 Å². The van der Waals surface area contributed by atoms with Gasteiger partial charge in [-0.2, -0.15) is 0 Å². The molecule has 1 atom stereocenters. The van der Waals surface area contributed by atoms with E-state index < -0.39 is 6.17 Å². The maximum Gasteiger partial charge on any atom is 0.246 e. The van der Waals surface area contributed by atoms with Crippen LogP contribution in [0.2, 0.25) is 0 Å². The first kappa shape index (κ1) is 25.7. The summed E-state index contributed by atoms with van der Waals surface area (Å²) < 4.78 is 39.2. The molecule has 0 fully saturated rings. The van der Waals surface area contributed by atoms with E-state index in [0.29, 0.717) is 52.8 Å². The Balaban J connectivity index is 3.17. The van der Waals surface area contributed by atoms with Gasteiger partial charge in [0.15, 0.2) is 0 Å². The SMILES string of the molecule is CCOCC(=O)NCCOCCOCCOCCOCC(F)CNC(C)=O. The zero-order valence-electron chi connectivity index (χ0n) is 16.3. The Morgan fingerprint density at radius 3 is 1.96 bits per heavy atom. The molecule has 0 rings (SSSR count). The first-order chi connectivity index (χ1) is 13.1. The van der Waals surface area contributed by atoms with Gasteiger partial charge in [-0.15, -0.1) is 0 Å².